The van der Waals surface area contributed by atoms with Gasteiger partial charge in [0.25, 0.3) is 5.91 Å². The van der Waals surface area contributed by atoms with Gasteiger partial charge in [0, 0.05) is 43.0 Å². The molecule has 0 bridgehead atoms. The van der Waals surface area contributed by atoms with E-state index in [0.29, 0.717) is 12.2 Å². The number of aromatic nitrogens is 2. The molecule has 27 heavy (non-hydrogen) atoms. The predicted octanol–water partition coefficient (Wildman–Crippen LogP) is 2.96. The summed E-state index contributed by atoms with van der Waals surface area (Å²) in [6.45, 7) is 7.30. The lowest BCUT2D eigenvalue weighted by atomic mass is 9.99. The molecule has 1 amide bonds. The molecule has 1 fully saturated rings. The topological polar surface area (TPSA) is 73.0 Å². The fourth-order valence-corrected chi connectivity index (χ4v) is 3.78. The number of nitrogens with zero attached hydrogens (tertiary/aromatic N) is 2. The second kappa shape index (κ2) is 8.87. The number of nitrogens with one attached hydrogen (secondary N) is 3. The third-order valence-electron chi connectivity index (χ3n) is 5.52. The Morgan fingerprint density at radius 1 is 1.26 bits per heavy atom. The highest BCUT2D eigenvalue weighted by molar-refractivity contribution is 6.04. The number of hydrogen-bond acceptors (Lipinski definition) is 4. The molecule has 3 N–H and O–H groups in total. The van der Waals surface area contributed by atoms with Crippen LogP contribution in [0.25, 0.3) is 0 Å². The van der Waals surface area contributed by atoms with Crippen LogP contribution in [0.15, 0.2) is 24.3 Å². The monoisotopic (exact) mass is 389 g/mol. The summed E-state index contributed by atoms with van der Waals surface area (Å²) in [6.07, 6.45) is 3.47. The molecule has 0 spiro atoms. The molecular formula is C20H28ClN5O. The largest absolute Gasteiger partial charge is 0.321 e. The first-order valence-electron chi connectivity index (χ1n) is 9.58. The molecule has 7 heteroatoms. The number of amides is 1. The van der Waals surface area contributed by atoms with E-state index in [0.717, 1.165) is 42.4 Å². The van der Waals surface area contributed by atoms with Crippen molar-refractivity contribution in [2.45, 2.75) is 39.3 Å². The highest BCUT2D eigenvalue weighted by Crippen LogP contribution is 2.20. The van der Waals surface area contributed by atoms with Crippen LogP contribution in [-0.4, -0.2) is 40.6 Å². The van der Waals surface area contributed by atoms with E-state index >= 15 is 0 Å². The SMILES string of the molecule is CC1CCN(Cc2ccc(NC(=O)c3n[nH]c4c3CNCC4)cc2)CC1.Cl. The Labute approximate surface area is 166 Å². The minimum atomic E-state index is -0.149. The molecule has 3 heterocycles. The number of likely N-dealkylation sites (tertiary alicyclic amines) is 1. The molecule has 1 saturated heterocycles. The number of anilines is 1. The Bertz CT molecular complexity index is 765. The molecule has 0 unspecified atom stereocenters. The summed E-state index contributed by atoms with van der Waals surface area (Å²) in [7, 11) is 0. The van der Waals surface area contributed by atoms with Gasteiger partial charge in [0.15, 0.2) is 5.69 Å². The zero-order valence-electron chi connectivity index (χ0n) is 15.8. The number of fused-ring (bicyclic) bond motifs is 1. The van der Waals surface area contributed by atoms with Crippen molar-refractivity contribution < 1.29 is 4.79 Å². The summed E-state index contributed by atoms with van der Waals surface area (Å²) in [6, 6.07) is 8.18. The lowest BCUT2D eigenvalue weighted by Crippen LogP contribution is -2.32. The molecule has 2 aliphatic heterocycles. The Kier molecular flexibility index (Phi) is 6.52. The standard InChI is InChI=1S/C20H27N5O.ClH/c1-14-7-10-25(11-8-14)13-15-2-4-16(5-3-15)22-20(26)19-17-12-21-9-6-18(17)23-24-19;/h2-5,14,21H,6-13H2,1H3,(H,22,26)(H,23,24);1H. The van der Waals surface area contributed by atoms with Crippen LogP contribution < -0.4 is 10.6 Å². The van der Waals surface area contributed by atoms with E-state index in [2.05, 4.69) is 44.8 Å². The summed E-state index contributed by atoms with van der Waals surface area (Å²) in [5.74, 6) is 0.704. The van der Waals surface area contributed by atoms with Gasteiger partial charge in [-0.15, -0.1) is 12.4 Å². The minimum Gasteiger partial charge on any atom is -0.321 e. The van der Waals surface area contributed by atoms with E-state index in [1.54, 1.807) is 0 Å². The van der Waals surface area contributed by atoms with Crippen LogP contribution in [0.3, 0.4) is 0 Å². The van der Waals surface area contributed by atoms with E-state index in [-0.39, 0.29) is 18.3 Å². The van der Waals surface area contributed by atoms with Gasteiger partial charge in [-0.1, -0.05) is 19.1 Å². The normalized spacial score (nSPS) is 17.8. The summed E-state index contributed by atoms with van der Waals surface area (Å²) >= 11 is 0. The fourth-order valence-electron chi connectivity index (χ4n) is 3.78. The minimum absolute atomic E-state index is 0. The molecule has 1 aromatic heterocycles. The summed E-state index contributed by atoms with van der Waals surface area (Å²) in [5, 5.41) is 13.5. The summed E-state index contributed by atoms with van der Waals surface area (Å²) in [4.78, 5) is 15.1. The molecule has 2 aromatic rings. The van der Waals surface area contributed by atoms with Gasteiger partial charge in [0.05, 0.1) is 0 Å². The summed E-state index contributed by atoms with van der Waals surface area (Å²) in [5.41, 5.74) is 4.66. The average Bonchev–Trinajstić information content (AvgIpc) is 3.09. The second-order valence-electron chi connectivity index (χ2n) is 7.57. The quantitative estimate of drug-likeness (QED) is 0.751. The highest BCUT2D eigenvalue weighted by Gasteiger charge is 2.21. The number of benzene rings is 1. The van der Waals surface area contributed by atoms with Crippen molar-refractivity contribution >= 4 is 24.0 Å². The number of carbonyl (C=O) groups is 1. The van der Waals surface area contributed by atoms with Crippen molar-refractivity contribution in [2.75, 3.05) is 25.0 Å². The van der Waals surface area contributed by atoms with Crippen molar-refractivity contribution in [3.05, 3.63) is 46.8 Å². The molecule has 0 saturated carbocycles. The first-order chi connectivity index (χ1) is 12.7. The molecule has 4 rings (SSSR count). The zero-order chi connectivity index (χ0) is 17.9. The molecule has 1 aromatic carbocycles. The van der Waals surface area contributed by atoms with Gasteiger partial charge in [-0.05, 0) is 49.5 Å². The van der Waals surface area contributed by atoms with Gasteiger partial charge in [0.2, 0.25) is 0 Å². The number of piperidine rings is 1. The fraction of sp³-hybridized carbons (Fsp3) is 0.500. The second-order valence-corrected chi connectivity index (χ2v) is 7.57. The van der Waals surface area contributed by atoms with Gasteiger partial charge in [0.1, 0.15) is 0 Å². The number of carbonyl (C=O) groups excluding carboxylic acids is 1. The van der Waals surface area contributed by atoms with Crippen molar-refractivity contribution in [3.8, 4) is 0 Å². The van der Waals surface area contributed by atoms with Crippen LogP contribution >= 0.6 is 12.4 Å². The Hall–Kier alpha value is -1.89. The molecule has 0 atom stereocenters. The highest BCUT2D eigenvalue weighted by atomic mass is 35.5. The van der Waals surface area contributed by atoms with E-state index in [1.165, 1.54) is 31.5 Å². The Morgan fingerprint density at radius 3 is 2.74 bits per heavy atom. The smallest absolute Gasteiger partial charge is 0.276 e. The van der Waals surface area contributed by atoms with E-state index in [4.69, 9.17) is 0 Å². The maximum absolute atomic E-state index is 12.6. The van der Waals surface area contributed by atoms with Gasteiger partial charge < -0.3 is 10.6 Å². The van der Waals surface area contributed by atoms with E-state index in [9.17, 15) is 4.79 Å². The lowest BCUT2D eigenvalue weighted by molar-refractivity contribution is 0.102. The summed E-state index contributed by atoms with van der Waals surface area (Å²) < 4.78 is 0. The van der Waals surface area contributed by atoms with Gasteiger partial charge in [-0.3, -0.25) is 14.8 Å². The molecule has 0 radical (unpaired) electrons. The Balaban J connectivity index is 0.00000210. The van der Waals surface area contributed by atoms with Crippen molar-refractivity contribution in [1.29, 1.82) is 0 Å². The molecule has 146 valence electrons. The first-order valence-corrected chi connectivity index (χ1v) is 9.58. The van der Waals surface area contributed by atoms with Crippen LogP contribution in [-0.2, 0) is 19.5 Å². The van der Waals surface area contributed by atoms with Gasteiger partial charge in [-0.2, -0.15) is 5.10 Å². The number of aromatic amines is 1. The maximum Gasteiger partial charge on any atom is 0.276 e. The molecular weight excluding hydrogens is 362 g/mol. The average molecular weight is 390 g/mol. The Morgan fingerprint density at radius 2 is 2.00 bits per heavy atom. The third-order valence-corrected chi connectivity index (χ3v) is 5.52. The molecule has 2 aliphatic rings. The number of rotatable bonds is 4. The predicted molar refractivity (Wildman–Crippen MR) is 109 cm³/mol. The number of hydrogen-bond donors (Lipinski definition) is 3. The molecule has 6 nitrogen and oxygen atoms in total. The number of halogens is 1. The van der Waals surface area contributed by atoms with Crippen molar-refractivity contribution in [3.63, 3.8) is 0 Å². The maximum atomic E-state index is 12.6. The van der Waals surface area contributed by atoms with Gasteiger partial charge in [-0.25, -0.2) is 0 Å². The third kappa shape index (κ3) is 4.69. The molecule has 0 aliphatic carbocycles. The number of H-pyrrole nitrogens is 1. The first kappa shape index (κ1) is 19.9. The lowest BCUT2D eigenvalue weighted by Gasteiger charge is -2.30. The van der Waals surface area contributed by atoms with Crippen LogP contribution in [0, 0.1) is 5.92 Å². The van der Waals surface area contributed by atoms with Crippen LogP contribution in [0.1, 0.15) is 47.1 Å². The van der Waals surface area contributed by atoms with Gasteiger partial charge >= 0.3 is 0 Å². The van der Waals surface area contributed by atoms with Crippen molar-refractivity contribution in [2.24, 2.45) is 5.92 Å². The van der Waals surface area contributed by atoms with E-state index in [1.807, 2.05) is 12.1 Å². The van der Waals surface area contributed by atoms with Crippen molar-refractivity contribution in [1.82, 2.24) is 20.4 Å². The zero-order valence-corrected chi connectivity index (χ0v) is 16.6. The van der Waals surface area contributed by atoms with Crippen LogP contribution in [0.2, 0.25) is 0 Å². The van der Waals surface area contributed by atoms with Crippen LogP contribution in [0.4, 0.5) is 5.69 Å². The van der Waals surface area contributed by atoms with Crippen LogP contribution in [0.5, 0.6) is 0 Å². The van der Waals surface area contributed by atoms with E-state index < -0.39 is 0 Å².